The third kappa shape index (κ3) is 4.72. The molecule has 3 aromatic carbocycles. The average molecular weight is 437 g/mol. The standard InChI is InChI=1S/C24H24N2O4S/c1-17-14-20-15-19(8-13-23(20)26(17)31(2,28)29)24(27)25-21-9-11-22(12-10-21)30-16-18-6-4-3-5-7-18/h3-13,15,17H,14,16H2,1-2H3,(H,25,27)/t17-/m1/s1. The number of amides is 1. The fourth-order valence-electron chi connectivity index (χ4n) is 3.83. The second-order valence-corrected chi connectivity index (χ2v) is 9.57. The fourth-order valence-corrected chi connectivity index (χ4v) is 5.09. The predicted octanol–water partition coefficient (Wildman–Crippen LogP) is 4.23. The van der Waals surface area contributed by atoms with E-state index < -0.39 is 10.0 Å². The topological polar surface area (TPSA) is 75.7 Å². The quantitative estimate of drug-likeness (QED) is 0.628. The van der Waals surface area contributed by atoms with Crippen LogP contribution in [0.1, 0.15) is 28.4 Å². The van der Waals surface area contributed by atoms with E-state index in [0.29, 0.717) is 35.7 Å². The number of rotatable bonds is 6. The van der Waals surface area contributed by atoms with Crippen LogP contribution in [-0.2, 0) is 23.1 Å². The van der Waals surface area contributed by atoms with Gasteiger partial charge in [0.2, 0.25) is 10.0 Å². The Morgan fingerprint density at radius 2 is 1.77 bits per heavy atom. The molecule has 3 aromatic rings. The van der Waals surface area contributed by atoms with Crippen molar-refractivity contribution < 1.29 is 17.9 Å². The third-order valence-corrected chi connectivity index (χ3v) is 6.48. The summed E-state index contributed by atoms with van der Waals surface area (Å²) in [5.74, 6) is 0.473. The smallest absolute Gasteiger partial charge is 0.255 e. The maximum absolute atomic E-state index is 12.7. The van der Waals surface area contributed by atoms with Crippen molar-refractivity contribution in [2.24, 2.45) is 0 Å². The molecule has 0 radical (unpaired) electrons. The van der Waals surface area contributed by atoms with Crippen LogP contribution >= 0.6 is 0 Å². The molecule has 6 nitrogen and oxygen atoms in total. The Hall–Kier alpha value is -3.32. The van der Waals surface area contributed by atoms with E-state index in [1.54, 1.807) is 30.3 Å². The van der Waals surface area contributed by atoms with Gasteiger partial charge in [-0.1, -0.05) is 30.3 Å². The van der Waals surface area contributed by atoms with Gasteiger partial charge in [-0.15, -0.1) is 0 Å². The summed E-state index contributed by atoms with van der Waals surface area (Å²) in [6.07, 6.45) is 1.78. The zero-order chi connectivity index (χ0) is 22.0. The molecule has 0 aromatic heterocycles. The molecule has 1 aliphatic heterocycles. The molecule has 1 amide bonds. The lowest BCUT2D eigenvalue weighted by Gasteiger charge is -2.21. The summed E-state index contributed by atoms with van der Waals surface area (Å²) in [6, 6.07) is 22.1. The molecule has 4 rings (SSSR count). The molecule has 0 fully saturated rings. The summed E-state index contributed by atoms with van der Waals surface area (Å²) in [5.41, 5.74) is 3.73. The number of carbonyl (C=O) groups excluding carboxylic acids is 1. The van der Waals surface area contributed by atoms with Gasteiger partial charge in [0.1, 0.15) is 12.4 Å². The molecule has 0 bridgehead atoms. The van der Waals surface area contributed by atoms with Gasteiger partial charge in [-0.05, 0) is 66.9 Å². The molecule has 0 unspecified atom stereocenters. The summed E-state index contributed by atoms with van der Waals surface area (Å²) in [4.78, 5) is 12.7. The number of sulfonamides is 1. The van der Waals surface area contributed by atoms with Gasteiger partial charge in [-0.2, -0.15) is 0 Å². The number of benzene rings is 3. The van der Waals surface area contributed by atoms with E-state index in [4.69, 9.17) is 4.74 Å². The second kappa shape index (κ2) is 8.43. The van der Waals surface area contributed by atoms with E-state index in [2.05, 4.69) is 5.32 Å². The van der Waals surface area contributed by atoms with Gasteiger partial charge >= 0.3 is 0 Å². The summed E-state index contributed by atoms with van der Waals surface area (Å²) in [5, 5.41) is 2.88. The monoisotopic (exact) mass is 436 g/mol. The first-order chi connectivity index (χ1) is 14.8. The van der Waals surface area contributed by atoms with Crippen LogP contribution in [0.5, 0.6) is 5.75 Å². The molecule has 7 heteroatoms. The van der Waals surface area contributed by atoms with Gasteiger partial charge in [0.05, 0.1) is 11.9 Å². The van der Waals surface area contributed by atoms with Crippen LogP contribution in [-0.4, -0.2) is 26.6 Å². The van der Waals surface area contributed by atoms with Gasteiger partial charge in [0.25, 0.3) is 5.91 Å². The van der Waals surface area contributed by atoms with Gasteiger partial charge in [-0.25, -0.2) is 8.42 Å². The van der Waals surface area contributed by atoms with E-state index in [1.165, 1.54) is 10.6 Å². The van der Waals surface area contributed by atoms with Crippen LogP contribution in [0.2, 0.25) is 0 Å². The largest absolute Gasteiger partial charge is 0.489 e. The number of ether oxygens (including phenoxy) is 1. The summed E-state index contributed by atoms with van der Waals surface area (Å²) in [6.45, 7) is 2.34. The molecular weight excluding hydrogens is 412 g/mol. The third-order valence-electron chi connectivity index (χ3n) is 5.21. The zero-order valence-electron chi connectivity index (χ0n) is 17.4. The normalized spacial score (nSPS) is 15.4. The minimum absolute atomic E-state index is 0.160. The Morgan fingerprint density at radius 1 is 1.06 bits per heavy atom. The van der Waals surface area contributed by atoms with Crippen molar-refractivity contribution in [2.45, 2.75) is 26.0 Å². The highest BCUT2D eigenvalue weighted by molar-refractivity contribution is 7.92. The molecule has 1 heterocycles. The Labute approximate surface area is 182 Å². The lowest BCUT2D eigenvalue weighted by atomic mass is 10.1. The maximum Gasteiger partial charge on any atom is 0.255 e. The van der Waals surface area contributed by atoms with E-state index >= 15 is 0 Å². The van der Waals surface area contributed by atoms with Crippen molar-refractivity contribution in [1.82, 2.24) is 0 Å². The van der Waals surface area contributed by atoms with Gasteiger partial charge in [0, 0.05) is 17.3 Å². The summed E-state index contributed by atoms with van der Waals surface area (Å²) >= 11 is 0. The first-order valence-electron chi connectivity index (χ1n) is 10.0. The first-order valence-corrected chi connectivity index (χ1v) is 11.9. The SMILES string of the molecule is C[C@@H]1Cc2cc(C(=O)Nc3ccc(OCc4ccccc4)cc3)ccc2N1S(C)(=O)=O. The Morgan fingerprint density at radius 3 is 2.45 bits per heavy atom. The van der Waals surface area contributed by atoms with E-state index in [0.717, 1.165) is 11.1 Å². The number of hydrogen-bond donors (Lipinski definition) is 1. The molecular formula is C24H24N2O4S. The highest BCUT2D eigenvalue weighted by atomic mass is 32.2. The van der Waals surface area contributed by atoms with Crippen molar-refractivity contribution in [1.29, 1.82) is 0 Å². The number of nitrogens with one attached hydrogen (secondary N) is 1. The van der Waals surface area contributed by atoms with Crippen LogP contribution in [0.25, 0.3) is 0 Å². The average Bonchev–Trinajstić information content (AvgIpc) is 3.09. The lowest BCUT2D eigenvalue weighted by molar-refractivity contribution is 0.102. The molecule has 31 heavy (non-hydrogen) atoms. The lowest BCUT2D eigenvalue weighted by Crippen LogP contribution is -2.34. The van der Waals surface area contributed by atoms with Crippen molar-refractivity contribution in [2.75, 3.05) is 15.9 Å². The highest BCUT2D eigenvalue weighted by Crippen LogP contribution is 2.34. The number of carbonyl (C=O) groups is 1. The predicted molar refractivity (Wildman–Crippen MR) is 122 cm³/mol. The molecule has 1 N–H and O–H groups in total. The van der Waals surface area contributed by atoms with Crippen molar-refractivity contribution >= 4 is 27.3 Å². The highest BCUT2D eigenvalue weighted by Gasteiger charge is 2.32. The van der Waals surface area contributed by atoms with E-state index in [1.807, 2.05) is 49.4 Å². The summed E-state index contributed by atoms with van der Waals surface area (Å²) in [7, 11) is -3.35. The van der Waals surface area contributed by atoms with Gasteiger partial charge < -0.3 is 10.1 Å². The van der Waals surface area contributed by atoms with Gasteiger partial charge in [-0.3, -0.25) is 9.10 Å². The minimum Gasteiger partial charge on any atom is -0.489 e. The van der Waals surface area contributed by atoms with Crippen LogP contribution in [0, 0.1) is 0 Å². The van der Waals surface area contributed by atoms with E-state index in [9.17, 15) is 13.2 Å². The van der Waals surface area contributed by atoms with Crippen molar-refractivity contribution in [3.63, 3.8) is 0 Å². The number of anilines is 2. The Balaban J connectivity index is 1.41. The van der Waals surface area contributed by atoms with Crippen LogP contribution in [0.3, 0.4) is 0 Å². The molecule has 0 aliphatic carbocycles. The molecule has 0 spiro atoms. The maximum atomic E-state index is 12.7. The number of hydrogen-bond acceptors (Lipinski definition) is 4. The van der Waals surface area contributed by atoms with Gasteiger partial charge in [0.15, 0.2) is 0 Å². The van der Waals surface area contributed by atoms with Crippen LogP contribution in [0.4, 0.5) is 11.4 Å². The molecule has 1 aliphatic rings. The summed E-state index contributed by atoms with van der Waals surface area (Å²) < 4.78 is 31.3. The van der Waals surface area contributed by atoms with Crippen LogP contribution in [0.15, 0.2) is 72.8 Å². The van der Waals surface area contributed by atoms with Crippen molar-refractivity contribution in [3.8, 4) is 5.75 Å². The minimum atomic E-state index is -3.35. The fraction of sp³-hybridized carbons (Fsp3) is 0.208. The first kappa shape index (κ1) is 20.9. The van der Waals surface area contributed by atoms with E-state index in [-0.39, 0.29) is 11.9 Å². The molecule has 160 valence electrons. The number of nitrogens with zero attached hydrogens (tertiary/aromatic N) is 1. The Kier molecular flexibility index (Phi) is 5.69. The Bertz CT molecular complexity index is 1190. The molecule has 0 saturated carbocycles. The molecule has 1 atom stereocenters. The number of fused-ring (bicyclic) bond motifs is 1. The second-order valence-electron chi connectivity index (χ2n) is 7.71. The zero-order valence-corrected chi connectivity index (χ0v) is 18.2. The van der Waals surface area contributed by atoms with Crippen molar-refractivity contribution in [3.05, 3.63) is 89.5 Å². The molecule has 0 saturated heterocycles. The van der Waals surface area contributed by atoms with Crippen LogP contribution < -0.4 is 14.4 Å².